The molecule has 1 saturated heterocycles. The molecule has 196 valence electrons. The largest absolute Gasteiger partial charge is 0.490 e. The van der Waals surface area contributed by atoms with Crippen LogP contribution in [0.25, 0.3) is 16.8 Å². The Morgan fingerprint density at radius 2 is 1.69 bits per heavy atom. The van der Waals surface area contributed by atoms with Gasteiger partial charge in [-0.2, -0.15) is 0 Å². The van der Waals surface area contributed by atoms with Crippen molar-refractivity contribution >= 4 is 45.4 Å². The highest BCUT2D eigenvalue weighted by Crippen LogP contribution is 2.36. The Hall–Kier alpha value is -4.63. The van der Waals surface area contributed by atoms with E-state index in [0.717, 1.165) is 33.7 Å². The second-order valence-corrected chi connectivity index (χ2v) is 9.75. The number of nitrogens with zero attached hydrogens (tertiary/aromatic N) is 2. The van der Waals surface area contributed by atoms with Gasteiger partial charge < -0.3 is 9.47 Å². The van der Waals surface area contributed by atoms with Gasteiger partial charge in [-0.25, -0.2) is 0 Å². The van der Waals surface area contributed by atoms with Crippen molar-refractivity contribution in [3.05, 3.63) is 117 Å². The molecule has 5 rings (SSSR count). The molecular weight excluding hydrogens is 516 g/mol. The molecule has 0 bridgehead atoms. The number of fused-ring (bicyclic) bond motifs is 1. The van der Waals surface area contributed by atoms with Crippen LogP contribution < -0.4 is 9.47 Å². The zero-order chi connectivity index (χ0) is 27.4. The van der Waals surface area contributed by atoms with Crippen molar-refractivity contribution in [1.29, 1.82) is 0 Å². The van der Waals surface area contributed by atoms with Crippen LogP contribution in [-0.2, 0) is 17.9 Å². The lowest BCUT2D eigenvalue weighted by Crippen LogP contribution is -2.27. The van der Waals surface area contributed by atoms with E-state index in [0.29, 0.717) is 28.6 Å². The highest BCUT2D eigenvalue weighted by Gasteiger charge is 2.35. The SMILES string of the molecule is CCOc1cc(/C=C2/SC(=O)N(Cc3cccc4ccccc34)C2=O)ccc1OCc1ccc([N+](=O)[O-])cc1. The molecule has 8 nitrogen and oxygen atoms in total. The van der Waals surface area contributed by atoms with Crippen molar-refractivity contribution in [2.45, 2.75) is 20.1 Å². The van der Waals surface area contributed by atoms with Crippen LogP contribution in [0.15, 0.2) is 89.8 Å². The van der Waals surface area contributed by atoms with Crippen molar-refractivity contribution in [3.8, 4) is 11.5 Å². The molecule has 1 aliphatic heterocycles. The number of nitro benzene ring substituents is 1. The summed E-state index contributed by atoms with van der Waals surface area (Å²) in [6, 6.07) is 25.2. The lowest BCUT2D eigenvalue weighted by atomic mass is 10.0. The lowest BCUT2D eigenvalue weighted by molar-refractivity contribution is -0.384. The van der Waals surface area contributed by atoms with Gasteiger partial charge in [0.05, 0.1) is 23.0 Å². The van der Waals surface area contributed by atoms with Crippen LogP contribution in [-0.4, -0.2) is 27.6 Å². The molecule has 0 N–H and O–H groups in total. The summed E-state index contributed by atoms with van der Waals surface area (Å²) in [5, 5.41) is 12.6. The lowest BCUT2D eigenvalue weighted by Gasteiger charge is -2.14. The summed E-state index contributed by atoms with van der Waals surface area (Å²) >= 11 is 0.914. The van der Waals surface area contributed by atoms with Gasteiger partial charge in [0, 0.05) is 12.1 Å². The van der Waals surface area contributed by atoms with E-state index in [9.17, 15) is 19.7 Å². The number of nitro groups is 1. The fourth-order valence-corrected chi connectivity index (χ4v) is 5.10. The highest BCUT2D eigenvalue weighted by molar-refractivity contribution is 8.18. The Morgan fingerprint density at radius 1 is 0.923 bits per heavy atom. The summed E-state index contributed by atoms with van der Waals surface area (Å²) in [7, 11) is 0. The number of ether oxygens (including phenoxy) is 2. The van der Waals surface area contributed by atoms with E-state index >= 15 is 0 Å². The molecule has 4 aromatic carbocycles. The summed E-state index contributed by atoms with van der Waals surface area (Å²) in [6.45, 7) is 2.65. The van der Waals surface area contributed by atoms with Gasteiger partial charge in [0.1, 0.15) is 6.61 Å². The third kappa shape index (κ3) is 5.78. The molecule has 0 spiro atoms. The molecule has 0 radical (unpaired) electrons. The predicted octanol–water partition coefficient (Wildman–Crippen LogP) is 6.96. The molecule has 0 aromatic heterocycles. The number of carbonyl (C=O) groups excluding carboxylic acids is 2. The first-order valence-electron chi connectivity index (χ1n) is 12.3. The number of rotatable bonds is 9. The van der Waals surface area contributed by atoms with Crippen molar-refractivity contribution < 1.29 is 24.0 Å². The second kappa shape index (κ2) is 11.4. The molecule has 39 heavy (non-hydrogen) atoms. The van der Waals surface area contributed by atoms with Crippen LogP contribution >= 0.6 is 11.8 Å². The first kappa shape index (κ1) is 26.0. The number of amides is 2. The van der Waals surface area contributed by atoms with Crippen molar-refractivity contribution in [2.75, 3.05) is 6.61 Å². The van der Waals surface area contributed by atoms with Crippen molar-refractivity contribution in [2.24, 2.45) is 0 Å². The van der Waals surface area contributed by atoms with Crippen molar-refractivity contribution in [1.82, 2.24) is 4.90 Å². The maximum absolute atomic E-state index is 13.2. The average molecular weight is 541 g/mol. The predicted molar refractivity (Wildman–Crippen MR) is 151 cm³/mol. The Balaban J connectivity index is 1.32. The Morgan fingerprint density at radius 3 is 2.46 bits per heavy atom. The minimum atomic E-state index is -0.450. The summed E-state index contributed by atoms with van der Waals surface area (Å²) in [5.41, 5.74) is 2.38. The van der Waals surface area contributed by atoms with E-state index in [2.05, 4.69) is 0 Å². The second-order valence-electron chi connectivity index (χ2n) is 8.76. The molecule has 1 fully saturated rings. The highest BCUT2D eigenvalue weighted by atomic mass is 32.2. The van der Waals surface area contributed by atoms with Crippen LogP contribution in [0.4, 0.5) is 10.5 Å². The van der Waals surface area contributed by atoms with Gasteiger partial charge in [-0.05, 0) is 76.5 Å². The number of hydrogen-bond acceptors (Lipinski definition) is 7. The van der Waals surface area contributed by atoms with Crippen molar-refractivity contribution in [3.63, 3.8) is 0 Å². The molecule has 0 aliphatic carbocycles. The topological polar surface area (TPSA) is 99.0 Å². The smallest absolute Gasteiger partial charge is 0.293 e. The summed E-state index contributed by atoms with van der Waals surface area (Å²) < 4.78 is 11.7. The van der Waals surface area contributed by atoms with Gasteiger partial charge in [0.25, 0.3) is 16.8 Å². The fourth-order valence-electron chi connectivity index (χ4n) is 4.27. The monoisotopic (exact) mass is 540 g/mol. The zero-order valence-corrected chi connectivity index (χ0v) is 21.9. The first-order chi connectivity index (χ1) is 18.9. The van der Waals surface area contributed by atoms with Crippen LogP contribution in [0.5, 0.6) is 11.5 Å². The molecule has 1 aliphatic rings. The van der Waals surface area contributed by atoms with E-state index in [1.54, 1.807) is 36.4 Å². The summed E-state index contributed by atoms with van der Waals surface area (Å²) in [6.07, 6.45) is 1.68. The number of imide groups is 1. The van der Waals surface area contributed by atoms with Crippen LogP contribution in [0, 0.1) is 10.1 Å². The molecule has 0 unspecified atom stereocenters. The van der Waals surface area contributed by atoms with E-state index in [4.69, 9.17) is 9.47 Å². The van der Waals surface area contributed by atoms with E-state index in [1.807, 2.05) is 49.4 Å². The third-order valence-electron chi connectivity index (χ3n) is 6.19. The fraction of sp³-hybridized carbons (Fsp3) is 0.133. The zero-order valence-electron chi connectivity index (χ0n) is 21.0. The van der Waals surface area contributed by atoms with Crippen LogP contribution in [0.2, 0.25) is 0 Å². The number of thioether (sulfide) groups is 1. The molecule has 4 aromatic rings. The van der Waals surface area contributed by atoms with Gasteiger partial charge in [-0.1, -0.05) is 48.5 Å². The Labute approximate surface area is 229 Å². The van der Waals surface area contributed by atoms with E-state index < -0.39 is 4.92 Å². The van der Waals surface area contributed by atoms with E-state index in [-0.39, 0.29) is 30.0 Å². The standard InChI is InChI=1S/C30H24N2O6S/c1-2-37-27-16-21(12-15-26(27)38-19-20-10-13-24(14-11-20)32(35)36)17-28-29(33)31(30(34)39-28)18-23-8-5-7-22-6-3-4-9-25(22)23/h3-17H,2,18-19H2,1H3/b28-17+. The molecule has 9 heteroatoms. The number of benzene rings is 4. The molecule has 0 atom stereocenters. The number of non-ortho nitro benzene ring substituents is 1. The Bertz CT molecular complexity index is 1590. The van der Waals surface area contributed by atoms with Gasteiger partial charge in [0.2, 0.25) is 0 Å². The minimum absolute atomic E-state index is 0.0136. The van der Waals surface area contributed by atoms with Gasteiger partial charge in [0.15, 0.2) is 11.5 Å². The Kier molecular flexibility index (Phi) is 7.60. The molecule has 2 amide bonds. The normalized spacial score (nSPS) is 14.3. The first-order valence-corrected chi connectivity index (χ1v) is 13.1. The molecule has 1 heterocycles. The maximum atomic E-state index is 13.2. The summed E-state index contributed by atoms with van der Waals surface area (Å²) in [5.74, 6) is 0.647. The van der Waals surface area contributed by atoms with Gasteiger partial charge in [-0.3, -0.25) is 24.6 Å². The minimum Gasteiger partial charge on any atom is -0.490 e. The average Bonchev–Trinajstić information content (AvgIpc) is 3.20. The molecular formula is C30H24N2O6S. The van der Waals surface area contributed by atoms with Gasteiger partial charge >= 0.3 is 0 Å². The van der Waals surface area contributed by atoms with Gasteiger partial charge in [-0.15, -0.1) is 0 Å². The molecule has 0 saturated carbocycles. The van der Waals surface area contributed by atoms with Crippen LogP contribution in [0.3, 0.4) is 0 Å². The maximum Gasteiger partial charge on any atom is 0.293 e. The third-order valence-corrected chi connectivity index (χ3v) is 7.10. The van der Waals surface area contributed by atoms with E-state index in [1.165, 1.54) is 17.0 Å². The number of carbonyl (C=O) groups is 2. The summed E-state index contributed by atoms with van der Waals surface area (Å²) in [4.78, 5) is 38.0. The number of hydrogen-bond donors (Lipinski definition) is 0. The van der Waals surface area contributed by atoms with Crippen LogP contribution in [0.1, 0.15) is 23.6 Å². The quantitative estimate of drug-likeness (QED) is 0.128.